The average molecular weight is 547 g/mol. The van der Waals surface area contributed by atoms with Crippen molar-refractivity contribution in [2.45, 2.75) is 52.4 Å². The van der Waals surface area contributed by atoms with E-state index in [1.54, 1.807) is 6.92 Å². The van der Waals surface area contributed by atoms with E-state index in [2.05, 4.69) is 19.9 Å². The van der Waals surface area contributed by atoms with Crippen LogP contribution in [0.2, 0.25) is 0 Å². The number of carbonyl (C=O) groups is 2. The zero-order valence-electron chi connectivity index (χ0n) is 19.6. The normalized spacial score (nSPS) is 23.0. The Kier molecular flexibility index (Phi) is 6.12. The van der Waals surface area contributed by atoms with Crippen molar-refractivity contribution in [1.29, 1.82) is 0 Å². The molecular weight excluding hydrogens is 524 g/mol. The molecule has 0 bridgehead atoms. The number of hydrogen-bond acceptors (Lipinski definition) is 8. The van der Waals surface area contributed by atoms with Gasteiger partial charge in [0.05, 0.1) is 28.8 Å². The van der Waals surface area contributed by atoms with Crippen LogP contribution < -0.4 is 11.1 Å². The summed E-state index contributed by atoms with van der Waals surface area (Å²) in [5, 5.41) is 10.3. The Balaban J connectivity index is 0.000000148. The van der Waals surface area contributed by atoms with E-state index in [0.29, 0.717) is 54.1 Å². The van der Waals surface area contributed by atoms with Crippen molar-refractivity contribution in [2.24, 2.45) is 10.8 Å². The van der Waals surface area contributed by atoms with E-state index < -0.39 is 16.8 Å². The van der Waals surface area contributed by atoms with Crippen molar-refractivity contribution in [3.8, 4) is 0 Å². The third kappa shape index (κ3) is 4.08. The van der Waals surface area contributed by atoms with E-state index in [-0.39, 0.29) is 16.4 Å². The van der Waals surface area contributed by atoms with Crippen molar-refractivity contribution in [3.63, 3.8) is 0 Å². The van der Waals surface area contributed by atoms with Gasteiger partial charge in [-0.1, -0.05) is 6.92 Å². The number of carbonyl (C=O) groups excluding carboxylic acids is 1. The van der Waals surface area contributed by atoms with E-state index in [0.717, 1.165) is 25.7 Å². The molecule has 188 valence electrons. The maximum absolute atomic E-state index is 11.8. The molecule has 2 aliphatic rings. The van der Waals surface area contributed by atoms with Crippen LogP contribution in [0.5, 0.6) is 0 Å². The zero-order valence-corrected chi connectivity index (χ0v) is 22.0. The number of aliphatic carboxylic acids is 1. The molecule has 2 unspecified atom stereocenters. The second-order valence-electron chi connectivity index (χ2n) is 9.88. The van der Waals surface area contributed by atoms with Crippen LogP contribution in [0, 0.1) is 10.8 Å². The summed E-state index contributed by atoms with van der Waals surface area (Å²) in [5.41, 5.74) is 0.570. The smallest absolute Gasteiger partial charge is 0.309 e. The van der Waals surface area contributed by atoms with Gasteiger partial charge in [0.1, 0.15) is 9.66 Å². The van der Waals surface area contributed by atoms with Crippen LogP contribution in [0.25, 0.3) is 20.4 Å². The highest BCUT2D eigenvalue weighted by atomic mass is 35.5. The first-order chi connectivity index (χ1) is 17.0. The van der Waals surface area contributed by atoms with Crippen molar-refractivity contribution >= 4 is 65.9 Å². The second kappa shape index (κ2) is 8.89. The van der Waals surface area contributed by atoms with Gasteiger partial charge in [-0.15, -0.1) is 22.7 Å². The lowest BCUT2D eigenvalue weighted by atomic mass is 9.75. The van der Waals surface area contributed by atoms with Crippen molar-refractivity contribution in [3.05, 3.63) is 54.2 Å². The zero-order chi connectivity index (χ0) is 25.8. The molecule has 4 aromatic heterocycles. The molecule has 0 saturated heterocycles. The number of thiophene rings is 2. The van der Waals surface area contributed by atoms with E-state index >= 15 is 0 Å². The average Bonchev–Trinajstić information content (AvgIpc) is 3.37. The molecule has 4 heterocycles. The molecule has 0 aromatic carbocycles. The summed E-state index contributed by atoms with van der Waals surface area (Å²) in [6, 6.07) is 0. The van der Waals surface area contributed by atoms with Crippen molar-refractivity contribution in [1.82, 2.24) is 19.9 Å². The number of aromatic amines is 2. The molecule has 6 rings (SSSR count). The molecule has 0 amide bonds. The van der Waals surface area contributed by atoms with Gasteiger partial charge in [0, 0.05) is 15.2 Å². The van der Waals surface area contributed by atoms with Crippen LogP contribution in [0.3, 0.4) is 0 Å². The summed E-state index contributed by atoms with van der Waals surface area (Å²) < 4.78 is 0. The molecule has 2 atom stereocenters. The van der Waals surface area contributed by atoms with Gasteiger partial charge < -0.3 is 15.1 Å². The maximum atomic E-state index is 11.8. The summed E-state index contributed by atoms with van der Waals surface area (Å²) in [6.07, 6.45) is 6.48. The quantitative estimate of drug-likeness (QED) is 0.324. The standard InChI is InChI=1S/C12H11ClN2O2S.C12H12N2O3S/c1-12(11(13)17)3-2-6-7(4-12)18-10-8(6)9(16)14-5-15-10;1-12(11(16)17)3-2-6-7(4-12)18-10-8(6)9(15)13-5-14-10/h5H,2-4H2,1H3,(H,14,15,16);5H,2-4H2,1H3,(H,16,17)(H,13,14,15). The summed E-state index contributed by atoms with van der Waals surface area (Å²) in [7, 11) is 0. The molecule has 0 fully saturated rings. The Morgan fingerprint density at radius 2 is 1.33 bits per heavy atom. The number of fused-ring (bicyclic) bond motifs is 6. The van der Waals surface area contributed by atoms with E-state index in [1.165, 1.54) is 35.3 Å². The fraction of sp³-hybridized carbons (Fsp3) is 0.417. The Bertz CT molecular complexity index is 1530. The minimum absolute atomic E-state index is 0.0988. The monoisotopic (exact) mass is 546 g/mol. The number of nitrogens with one attached hydrogen (secondary N) is 2. The Labute approximate surface area is 217 Å². The number of rotatable bonds is 2. The van der Waals surface area contributed by atoms with Crippen molar-refractivity contribution in [2.75, 3.05) is 0 Å². The van der Waals surface area contributed by atoms with Gasteiger partial charge in [0.15, 0.2) is 0 Å². The van der Waals surface area contributed by atoms with Crippen LogP contribution >= 0.6 is 34.3 Å². The number of hydrogen-bond donors (Lipinski definition) is 3. The van der Waals surface area contributed by atoms with Gasteiger partial charge in [-0.05, 0) is 68.2 Å². The van der Waals surface area contributed by atoms with Gasteiger partial charge in [0.2, 0.25) is 5.24 Å². The van der Waals surface area contributed by atoms with E-state index in [1.807, 2.05) is 6.92 Å². The molecule has 12 heteroatoms. The number of aryl methyl sites for hydroxylation is 2. The summed E-state index contributed by atoms with van der Waals surface area (Å²) in [4.78, 5) is 63.4. The SMILES string of the molecule is CC1(C(=O)Cl)CCc2c(sc3nc[nH]c(=O)c23)C1.CC1(C(=O)O)CCc2c(sc3nc[nH]c(=O)c23)C1. The topological polar surface area (TPSA) is 146 Å². The molecule has 4 aromatic rings. The first kappa shape index (κ1) is 24.8. The van der Waals surface area contributed by atoms with Gasteiger partial charge in [-0.2, -0.15) is 0 Å². The number of carboxylic acid groups (broad SMARTS) is 1. The Morgan fingerprint density at radius 1 is 0.889 bits per heavy atom. The predicted molar refractivity (Wildman–Crippen MR) is 139 cm³/mol. The summed E-state index contributed by atoms with van der Waals surface area (Å²) in [5.74, 6) is -0.771. The maximum Gasteiger partial charge on any atom is 0.309 e. The number of halogens is 1. The summed E-state index contributed by atoms with van der Waals surface area (Å²) in [6.45, 7) is 3.65. The van der Waals surface area contributed by atoms with Crippen LogP contribution in [0.15, 0.2) is 22.2 Å². The highest BCUT2D eigenvalue weighted by Gasteiger charge is 2.39. The second-order valence-corrected chi connectivity index (χ2v) is 12.4. The summed E-state index contributed by atoms with van der Waals surface area (Å²) >= 11 is 8.61. The minimum Gasteiger partial charge on any atom is -0.481 e. The number of H-pyrrole nitrogens is 2. The van der Waals surface area contributed by atoms with Crippen molar-refractivity contribution < 1.29 is 14.7 Å². The molecule has 0 aliphatic heterocycles. The molecule has 2 aliphatic carbocycles. The third-order valence-corrected chi connectivity index (χ3v) is 10.0. The molecule has 36 heavy (non-hydrogen) atoms. The van der Waals surface area contributed by atoms with Crippen LogP contribution in [0.4, 0.5) is 0 Å². The fourth-order valence-corrected chi connectivity index (χ4v) is 7.85. The molecule has 3 N–H and O–H groups in total. The molecule has 0 saturated carbocycles. The number of carboxylic acids is 1. The largest absolute Gasteiger partial charge is 0.481 e. The third-order valence-electron chi connectivity index (χ3n) is 7.30. The first-order valence-corrected chi connectivity index (χ1v) is 13.4. The van der Waals surface area contributed by atoms with E-state index in [9.17, 15) is 24.3 Å². The van der Waals surface area contributed by atoms with Gasteiger partial charge in [0.25, 0.3) is 11.1 Å². The Hall–Kier alpha value is -2.89. The number of aromatic nitrogens is 4. The lowest BCUT2D eigenvalue weighted by molar-refractivity contribution is -0.148. The minimum atomic E-state index is -0.771. The number of nitrogens with zero attached hydrogens (tertiary/aromatic N) is 2. The lowest BCUT2D eigenvalue weighted by Gasteiger charge is -2.29. The van der Waals surface area contributed by atoms with Crippen LogP contribution in [0.1, 0.15) is 47.6 Å². The fourth-order valence-electron chi connectivity index (χ4n) is 4.94. The van der Waals surface area contributed by atoms with Gasteiger partial charge in [-0.25, -0.2) is 9.97 Å². The highest BCUT2D eigenvalue weighted by Crippen LogP contribution is 2.43. The van der Waals surface area contributed by atoms with Crippen LogP contribution in [-0.4, -0.2) is 36.3 Å². The molecule has 0 spiro atoms. The molecule has 9 nitrogen and oxygen atoms in total. The first-order valence-electron chi connectivity index (χ1n) is 11.4. The predicted octanol–water partition coefficient (Wildman–Crippen LogP) is 3.81. The van der Waals surface area contributed by atoms with Gasteiger partial charge in [-0.3, -0.25) is 19.2 Å². The van der Waals surface area contributed by atoms with Crippen LogP contribution in [-0.2, 0) is 35.3 Å². The highest BCUT2D eigenvalue weighted by molar-refractivity contribution is 7.19. The van der Waals surface area contributed by atoms with Gasteiger partial charge >= 0.3 is 5.97 Å². The molecule has 0 radical (unpaired) electrons. The van der Waals surface area contributed by atoms with E-state index in [4.69, 9.17) is 11.6 Å². The molecular formula is C24H23ClN4O5S2. The lowest BCUT2D eigenvalue weighted by Crippen LogP contribution is -2.33. The Morgan fingerprint density at radius 3 is 1.78 bits per heavy atom.